The third-order valence-electron chi connectivity index (χ3n) is 3.52. The van der Waals surface area contributed by atoms with Crippen molar-refractivity contribution in [1.29, 1.82) is 0 Å². The number of rotatable bonds is 3. The summed E-state index contributed by atoms with van der Waals surface area (Å²) in [5.41, 5.74) is 0. The summed E-state index contributed by atoms with van der Waals surface area (Å²) >= 11 is 0. The highest BCUT2D eigenvalue weighted by Gasteiger charge is 2.31. The summed E-state index contributed by atoms with van der Waals surface area (Å²) in [4.78, 5) is 12.0. The third-order valence-corrected chi connectivity index (χ3v) is 5.95. The molecule has 1 heterocycles. The molecule has 2 fully saturated rings. The molecule has 80 valence electrons. The quantitative estimate of drug-likeness (QED) is 0.659. The molecule has 0 radical (unpaired) electrons. The van der Waals surface area contributed by atoms with Crippen molar-refractivity contribution in [2.24, 2.45) is 5.92 Å². The van der Waals surface area contributed by atoms with Gasteiger partial charge in [0.2, 0.25) is 0 Å². The van der Waals surface area contributed by atoms with Crippen LogP contribution in [0.4, 0.5) is 0 Å². The lowest BCUT2D eigenvalue weighted by molar-refractivity contribution is -0.121. The first-order valence-electron chi connectivity index (χ1n) is 6.03. The van der Waals surface area contributed by atoms with Gasteiger partial charge in [-0.15, -0.1) is 0 Å². The molecule has 0 unspecified atom stereocenters. The molecule has 2 heteroatoms. The van der Waals surface area contributed by atoms with Crippen LogP contribution >= 0.6 is 0 Å². The minimum Gasteiger partial charge on any atom is -0.294 e. The van der Waals surface area contributed by atoms with Crippen LogP contribution in [-0.2, 0) is 15.7 Å². The van der Waals surface area contributed by atoms with E-state index < -0.39 is 0 Å². The van der Waals surface area contributed by atoms with Crippen molar-refractivity contribution in [3.05, 3.63) is 0 Å². The van der Waals surface area contributed by atoms with Gasteiger partial charge in [0.05, 0.1) is 0 Å². The number of carbonyl (C=O) groups is 1. The lowest BCUT2D eigenvalue weighted by atomic mass is 9.87. The van der Waals surface area contributed by atoms with E-state index in [1.54, 1.807) is 0 Å². The Hall–Kier alpha value is 0.0200. The molecule has 0 atom stereocenters. The lowest BCUT2D eigenvalue weighted by Gasteiger charge is -2.19. The van der Waals surface area contributed by atoms with Gasteiger partial charge >= 0.3 is 0 Å². The summed E-state index contributed by atoms with van der Waals surface area (Å²) < 4.78 is 0. The third kappa shape index (κ3) is 2.75. The Bertz CT molecular complexity index is 190. The van der Waals surface area contributed by atoms with Crippen molar-refractivity contribution < 1.29 is 4.79 Å². The maximum atomic E-state index is 12.0. The van der Waals surface area contributed by atoms with Gasteiger partial charge < -0.3 is 0 Å². The first kappa shape index (κ1) is 10.5. The average Bonchev–Trinajstić information content (AvgIpc) is 2.72. The monoisotopic (exact) mass is 213 g/mol. The topological polar surface area (TPSA) is 17.1 Å². The van der Waals surface area contributed by atoms with E-state index in [1.165, 1.54) is 56.5 Å². The van der Waals surface area contributed by atoms with Gasteiger partial charge in [-0.05, 0) is 36.6 Å². The average molecular weight is 213 g/mol. The van der Waals surface area contributed by atoms with E-state index in [0.29, 0.717) is 22.6 Å². The van der Waals surface area contributed by atoms with Gasteiger partial charge in [0, 0.05) is 5.92 Å². The second-order valence-electron chi connectivity index (χ2n) is 4.67. The summed E-state index contributed by atoms with van der Waals surface area (Å²) in [6.07, 6.45) is 9.08. The largest absolute Gasteiger partial charge is 0.294 e. The van der Waals surface area contributed by atoms with Gasteiger partial charge in [-0.25, -0.2) is 0 Å². The lowest BCUT2D eigenvalue weighted by Crippen LogP contribution is -2.26. The fourth-order valence-corrected chi connectivity index (χ4v) is 4.96. The van der Waals surface area contributed by atoms with E-state index >= 15 is 0 Å². The second kappa shape index (κ2) is 5.20. The van der Waals surface area contributed by atoms with Crippen LogP contribution in [0.25, 0.3) is 0 Å². The molecule has 0 aromatic rings. The van der Waals surface area contributed by atoms with Crippen molar-refractivity contribution in [3.8, 4) is 0 Å². The zero-order valence-corrected chi connectivity index (χ0v) is 9.78. The summed E-state index contributed by atoms with van der Waals surface area (Å²) in [6, 6.07) is 0. The highest BCUT2D eigenvalue weighted by Crippen LogP contribution is 2.25. The molecule has 2 aliphatic rings. The van der Waals surface area contributed by atoms with E-state index in [0.717, 1.165) is 5.75 Å². The molecule has 1 nitrogen and oxygen atoms in total. The fraction of sp³-hybridized carbons (Fsp3) is 0.917. The van der Waals surface area contributed by atoms with Crippen LogP contribution in [0.15, 0.2) is 0 Å². The summed E-state index contributed by atoms with van der Waals surface area (Å²) in [5.74, 6) is 4.69. The van der Waals surface area contributed by atoms with Crippen molar-refractivity contribution in [3.63, 3.8) is 0 Å². The van der Waals surface area contributed by atoms with Gasteiger partial charge in [0.1, 0.15) is 11.5 Å². The smallest absolute Gasteiger partial charge is 0.184 e. The van der Waals surface area contributed by atoms with Gasteiger partial charge in [0.15, 0.2) is 11.5 Å². The minimum atomic E-state index is 0.455. The van der Waals surface area contributed by atoms with Crippen molar-refractivity contribution in [2.45, 2.75) is 44.9 Å². The number of ketones is 1. The van der Waals surface area contributed by atoms with E-state index in [9.17, 15) is 4.79 Å². The zero-order valence-electron chi connectivity index (χ0n) is 8.96. The first-order valence-corrected chi connectivity index (χ1v) is 7.76. The molecule has 2 rings (SSSR count). The van der Waals surface area contributed by atoms with E-state index in [-0.39, 0.29) is 0 Å². The summed E-state index contributed by atoms with van der Waals surface area (Å²) in [5, 5.41) is 0. The van der Waals surface area contributed by atoms with E-state index in [2.05, 4.69) is 0 Å². The second-order valence-corrected chi connectivity index (χ2v) is 7.00. The van der Waals surface area contributed by atoms with E-state index in [4.69, 9.17) is 0 Å². The molecule has 0 N–H and O–H groups in total. The normalized spacial score (nSPS) is 25.4. The van der Waals surface area contributed by atoms with Gasteiger partial charge in [-0.3, -0.25) is 4.79 Å². The Morgan fingerprint density at radius 3 is 2.29 bits per heavy atom. The standard InChI is InChI=1S/C12H21OS/c13-12(10-14-8-4-5-9-14)11-6-2-1-3-7-11/h11H,1-10H2/q+1. The van der Waals surface area contributed by atoms with Crippen molar-refractivity contribution in [1.82, 2.24) is 0 Å². The molecular weight excluding hydrogens is 192 g/mol. The maximum Gasteiger partial charge on any atom is 0.184 e. The molecule has 0 amide bonds. The Morgan fingerprint density at radius 2 is 1.64 bits per heavy atom. The van der Waals surface area contributed by atoms with Gasteiger partial charge in [-0.2, -0.15) is 0 Å². The molecule has 1 saturated heterocycles. The minimum absolute atomic E-state index is 0.455. The van der Waals surface area contributed by atoms with E-state index in [1.807, 2.05) is 0 Å². The van der Waals surface area contributed by atoms with Crippen LogP contribution in [-0.4, -0.2) is 23.0 Å². The molecule has 1 saturated carbocycles. The number of hydrogen-bond acceptors (Lipinski definition) is 1. The number of carbonyl (C=O) groups excluding carboxylic acids is 1. The van der Waals surface area contributed by atoms with Crippen LogP contribution < -0.4 is 0 Å². The predicted octanol–water partition coefficient (Wildman–Crippen LogP) is 2.55. The van der Waals surface area contributed by atoms with Gasteiger partial charge in [-0.1, -0.05) is 19.3 Å². The number of hydrogen-bond donors (Lipinski definition) is 0. The molecular formula is C12H21OS+. The Balaban J connectivity index is 1.75. The Morgan fingerprint density at radius 1 is 1.00 bits per heavy atom. The van der Waals surface area contributed by atoms with Crippen LogP contribution in [0, 0.1) is 5.92 Å². The van der Waals surface area contributed by atoms with Crippen LogP contribution in [0.1, 0.15) is 44.9 Å². The molecule has 0 aromatic carbocycles. The molecule has 1 aliphatic carbocycles. The molecule has 14 heavy (non-hydrogen) atoms. The fourth-order valence-electron chi connectivity index (χ4n) is 2.60. The zero-order chi connectivity index (χ0) is 9.80. The number of Topliss-reactive ketones (excluding diaryl/α,β-unsaturated/α-hetero) is 1. The summed E-state index contributed by atoms with van der Waals surface area (Å²) in [7, 11) is 0.491. The SMILES string of the molecule is O=C(C[S+]1CCCC1)C1CCCCC1. The highest BCUT2D eigenvalue weighted by molar-refractivity contribution is 7.97. The molecule has 0 spiro atoms. The molecule has 0 bridgehead atoms. The van der Waals surface area contributed by atoms with Crippen molar-refractivity contribution >= 4 is 16.7 Å². The predicted molar refractivity (Wildman–Crippen MR) is 62.8 cm³/mol. The maximum absolute atomic E-state index is 12.0. The molecule has 1 aliphatic heterocycles. The Kier molecular flexibility index (Phi) is 3.91. The van der Waals surface area contributed by atoms with Gasteiger partial charge in [0.25, 0.3) is 0 Å². The Labute approximate surface area is 90.0 Å². The first-order chi connectivity index (χ1) is 6.86. The van der Waals surface area contributed by atoms with Crippen LogP contribution in [0.2, 0.25) is 0 Å². The highest BCUT2D eigenvalue weighted by atomic mass is 32.2. The molecule has 0 aromatic heterocycles. The van der Waals surface area contributed by atoms with Crippen molar-refractivity contribution in [2.75, 3.05) is 17.3 Å². The summed E-state index contributed by atoms with van der Waals surface area (Å²) in [6.45, 7) is 0. The van der Waals surface area contributed by atoms with Crippen LogP contribution in [0.3, 0.4) is 0 Å². The van der Waals surface area contributed by atoms with Crippen LogP contribution in [0.5, 0.6) is 0 Å².